The van der Waals surface area contributed by atoms with Gasteiger partial charge in [-0.05, 0) is 6.42 Å². The number of methoxy groups -OCH3 is 1. The first-order chi connectivity index (χ1) is 7.91. The van der Waals surface area contributed by atoms with E-state index in [1.165, 1.54) is 10.6 Å². The molecule has 7 heteroatoms. The first-order valence-electron chi connectivity index (χ1n) is 5.62. The van der Waals surface area contributed by atoms with Crippen LogP contribution in [0.2, 0.25) is 0 Å². The summed E-state index contributed by atoms with van der Waals surface area (Å²) in [4.78, 5) is 11.0. The summed E-state index contributed by atoms with van der Waals surface area (Å²) in [6.45, 7) is 3.32. The number of amides is 1. The van der Waals surface area contributed by atoms with E-state index in [0.717, 1.165) is 0 Å². The van der Waals surface area contributed by atoms with E-state index in [0.29, 0.717) is 39.1 Å². The Hall–Kier alpha value is -0.660. The van der Waals surface area contributed by atoms with Gasteiger partial charge in [0.1, 0.15) is 0 Å². The molecule has 0 saturated carbocycles. The average molecular weight is 266 g/mol. The van der Waals surface area contributed by atoms with Crippen LogP contribution in [0, 0.1) is 0 Å². The average Bonchev–Trinajstić information content (AvgIpc) is 2.25. The zero-order valence-electron chi connectivity index (χ0n) is 10.7. The molecule has 0 aromatic heterocycles. The molecule has 0 aliphatic carbocycles. The predicted octanol–water partition coefficient (Wildman–Crippen LogP) is -0.189. The lowest BCUT2D eigenvalue weighted by Crippen LogP contribution is -2.38. The van der Waals surface area contributed by atoms with Crippen LogP contribution in [0.3, 0.4) is 0 Å². The molecule has 0 unspecified atom stereocenters. The van der Waals surface area contributed by atoms with Gasteiger partial charge in [0.2, 0.25) is 15.9 Å². The van der Waals surface area contributed by atoms with Gasteiger partial charge in [-0.1, -0.05) is 6.92 Å². The van der Waals surface area contributed by atoms with E-state index in [1.807, 2.05) is 0 Å². The molecule has 0 rings (SSSR count). The fourth-order valence-electron chi connectivity index (χ4n) is 1.27. The van der Waals surface area contributed by atoms with E-state index >= 15 is 0 Å². The van der Waals surface area contributed by atoms with Crippen molar-refractivity contribution in [2.75, 3.05) is 39.6 Å². The first-order valence-corrected chi connectivity index (χ1v) is 7.47. The fourth-order valence-corrected chi connectivity index (χ4v) is 2.16. The molecule has 0 atom stereocenters. The quantitative estimate of drug-likeness (QED) is 0.587. The van der Waals surface area contributed by atoms with Crippen molar-refractivity contribution in [2.45, 2.75) is 19.8 Å². The molecule has 0 aliphatic heterocycles. The summed E-state index contributed by atoms with van der Waals surface area (Å²) in [6, 6.07) is 0. The molecule has 17 heavy (non-hydrogen) atoms. The standard InChI is InChI=1S/C10H22N2O4S/c1-4-10(13)11-6-8-12(17(3,14)15)7-5-9-16-2/h4-9H2,1-3H3,(H,11,13). The number of rotatable bonds is 9. The van der Waals surface area contributed by atoms with Crippen LogP contribution in [0.25, 0.3) is 0 Å². The van der Waals surface area contributed by atoms with E-state index in [1.54, 1.807) is 14.0 Å². The van der Waals surface area contributed by atoms with Crippen molar-refractivity contribution in [2.24, 2.45) is 0 Å². The molecule has 102 valence electrons. The molecule has 0 aromatic rings. The lowest BCUT2D eigenvalue weighted by Gasteiger charge is -2.19. The third kappa shape index (κ3) is 8.12. The van der Waals surface area contributed by atoms with Crippen LogP contribution in [0.4, 0.5) is 0 Å². The highest BCUT2D eigenvalue weighted by molar-refractivity contribution is 7.88. The Morgan fingerprint density at radius 1 is 1.35 bits per heavy atom. The smallest absolute Gasteiger partial charge is 0.219 e. The van der Waals surface area contributed by atoms with Crippen LogP contribution in [0.1, 0.15) is 19.8 Å². The highest BCUT2D eigenvalue weighted by Gasteiger charge is 2.15. The molecule has 0 aromatic carbocycles. The Balaban J connectivity index is 4.08. The fraction of sp³-hybridized carbons (Fsp3) is 0.900. The van der Waals surface area contributed by atoms with Crippen molar-refractivity contribution >= 4 is 15.9 Å². The molecular weight excluding hydrogens is 244 g/mol. The minimum atomic E-state index is -3.22. The highest BCUT2D eigenvalue weighted by atomic mass is 32.2. The molecule has 0 radical (unpaired) electrons. The second kappa shape index (κ2) is 8.43. The van der Waals surface area contributed by atoms with E-state index in [-0.39, 0.29) is 5.91 Å². The molecule has 0 spiro atoms. The molecule has 0 aliphatic rings. The molecule has 1 N–H and O–H groups in total. The number of ether oxygens (including phenoxy) is 1. The van der Waals surface area contributed by atoms with Gasteiger partial charge in [-0.2, -0.15) is 0 Å². The summed E-state index contributed by atoms with van der Waals surface area (Å²) in [5, 5.41) is 2.65. The van der Waals surface area contributed by atoms with Crippen LogP contribution in [0.5, 0.6) is 0 Å². The van der Waals surface area contributed by atoms with Gasteiger partial charge in [-0.3, -0.25) is 4.79 Å². The molecule has 0 fully saturated rings. The van der Waals surface area contributed by atoms with Gasteiger partial charge < -0.3 is 10.1 Å². The van der Waals surface area contributed by atoms with Crippen molar-refractivity contribution in [1.82, 2.24) is 9.62 Å². The van der Waals surface area contributed by atoms with Gasteiger partial charge in [0, 0.05) is 39.8 Å². The predicted molar refractivity (Wildman–Crippen MR) is 66.2 cm³/mol. The maximum atomic E-state index is 11.4. The Morgan fingerprint density at radius 2 is 2.00 bits per heavy atom. The van der Waals surface area contributed by atoms with Crippen molar-refractivity contribution in [1.29, 1.82) is 0 Å². The minimum Gasteiger partial charge on any atom is -0.385 e. The second-order valence-corrected chi connectivity index (χ2v) is 5.69. The first kappa shape index (κ1) is 16.3. The number of hydrogen-bond acceptors (Lipinski definition) is 4. The summed E-state index contributed by atoms with van der Waals surface area (Å²) in [6.07, 6.45) is 2.22. The van der Waals surface area contributed by atoms with E-state index < -0.39 is 10.0 Å². The van der Waals surface area contributed by atoms with Crippen LogP contribution >= 0.6 is 0 Å². The third-order valence-electron chi connectivity index (χ3n) is 2.23. The van der Waals surface area contributed by atoms with Crippen molar-refractivity contribution in [3.8, 4) is 0 Å². The SMILES string of the molecule is CCC(=O)NCCN(CCCOC)S(C)(=O)=O. The molecule has 0 bridgehead atoms. The maximum absolute atomic E-state index is 11.4. The summed E-state index contributed by atoms with van der Waals surface area (Å²) in [7, 11) is -1.65. The summed E-state index contributed by atoms with van der Waals surface area (Å²) in [5.41, 5.74) is 0. The van der Waals surface area contributed by atoms with Gasteiger partial charge in [0.15, 0.2) is 0 Å². The second-order valence-electron chi connectivity index (χ2n) is 3.71. The zero-order chi connectivity index (χ0) is 13.3. The van der Waals surface area contributed by atoms with E-state index in [4.69, 9.17) is 4.74 Å². The lowest BCUT2D eigenvalue weighted by atomic mass is 10.4. The number of carbonyl (C=O) groups excluding carboxylic acids is 1. The minimum absolute atomic E-state index is 0.0738. The topological polar surface area (TPSA) is 75.7 Å². The summed E-state index contributed by atoms with van der Waals surface area (Å²) < 4.78 is 29.1. The van der Waals surface area contributed by atoms with E-state index in [9.17, 15) is 13.2 Å². The summed E-state index contributed by atoms with van der Waals surface area (Å²) >= 11 is 0. The molecule has 0 heterocycles. The van der Waals surface area contributed by atoms with Crippen molar-refractivity contribution in [3.05, 3.63) is 0 Å². The molecule has 1 amide bonds. The number of nitrogens with one attached hydrogen (secondary N) is 1. The Labute approximate surface area is 103 Å². The highest BCUT2D eigenvalue weighted by Crippen LogP contribution is 1.99. The van der Waals surface area contributed by atoms with E-state index in [2.05, 4.69) is 5.32 Å². The van der Waals surface area contributed by atoms with Crippen LogP contribution in [0.15, 0.2) is 0 Å². The Morgan fingerprint density at radius 3 is 2.47 bits per heavy atom. The molecular formula is C10H22N2O4S. The normalized spacial score (nSPS) is 11.8. The van der Waals surface area contributed by atoms with Crippen molar-refractivity contribution < 1.29 is 17.9 Å². The van der Waals surface area contributed by atoms with Crippen LogP contribution < -0.4 is 5.32 Å². The van der Waals surface area contributed by atoms with Gasteiger partial charge >= 0.3 is 0 Å². The van der Waals surface area contributed by atoms with Crippen LogP contribution in [-0.4, -0.2) is 58.2 Å². The van der Waals surface area contributed by atoms with Crippen LogP contribution in [-0.2, 0) is 19.6 Å². The molecule has 0 saturated heterocycles. The Bertz CT molecular complexity index is 316. The monoisotopic (exact) mass is 266 g/mol. The Kier molecular flexibility index (Phi) is 8.11. The van der Waals surface area contributed by atoms with Gasteiger partial charge in [-0.25, -0.2) is 12.7 Å². The zero-order valence-corrected chi connectivity index (χ0v) is 11.5. The van der Waals surface area contributed by atoms with Crippen molar-refractivity contribution in [3.63, 3.8) is 0 Å². The van der Waals surface area contributed by atoms with Gasteiger partial charge in [-0.15, -0.1) is 0 Å². The molecule has 6 nitrogen and oxygen atoms in total. The number of nitrogens with zero attached hydrogens (tertiary/aromatic N) is 1. The third-order valence-corrected chi connectivity index (χ3v) is 3.53. The maximum Gasteiger partial charge on any atom is 0.219 e. The number of sulfonamides is 1. The largest absolute Gasteiger partial charge is 0.385 e. The van der Waals surface area contributed by atoms with Gasteiger partial charge in [0.05, 0.1) is 6.26 Å². The lowest BCUT2D eigenvalue weighted by molar-refractivity contribution is -0.120. The van der Waals surface area contributed by atoms with Gasteiger partial charge in [0.25, 0.3) is 0 Å². The number of hydrogen-bond donors (Lipinski definition) is 1. The summed E-state index contributed by atoms with van der Waals surface area (Å²) in [5.74, 6) is -0.0738. The number of carbonyl (C=O) groups is 1.